The van der Waals surface area contributed by atoms with E-state index in [1.54, 1.807) is 0 Å². The second-order valence-corrected chi connectivity index (χ2v) is 6.44. The molecular weight excluding hydrogens is 399 g/mol. The van der Waals surface area contributed by atoms with Crippen molar-refractivity contribution < 1.29 is 0 Å². The summed E-state index contributed by atoms with van der Waals surface area (Å²) in [7, 11) is 0. The van der Waals surface area contributed by atoms with Crippen LogP contribution in [0.25, 0.3) is 0 Å². The quantitative estimate of drug-likeness (QED) is 0.407. The number of nitrogens with one attached hydrogen (secondary N) is 1. The van der Waals surface area contributed by atoms with Crippen LogP contribution in [-0.2, 0) is 0 Å². The molecular formula is C18H31IN4. The molecule has 5 heteroatoms. The molecule has 1 aromatic rings. The summed E-state index contributed by atoms with van der Waals surface area (Å²) in [5.41, 5.74) is 8.38. The molecule has 1 aliphatic rings. The molecule has 2 rings (SSSR count). The molecule has 0 saturated carbocycles. The number of aliphatic imine (C=N–C) groups is 1. The first-order valence-electron chi connectivity index (χ1n) is 8.51. The minimum atomic E-state index is 0. The maximum absolute atomic E-state index is 6.05. The van der Waals surface area contributed by atoms with E-state index in [1.807, 2.05) is 6.07 Å². The van der Waals surface area contributed by atoms with Crippen LogP contribution in [0.4, 0.5) is 5.69 Å². The molecule has 0 bridgehead atoms. The van der Waals surface area contributed by atoms with Gasteiger partial charge in [-0.15, -0.1) is 24.0 Å². The Hall–Kier alpha value is -0.820. The minimum Gasteiger partial charge on any atom is -0.370 e. The highest BCUT2D eigenvalue weighted by Crippen LogP contribution is 2.18. The summed E-state index contributed by atoms with van der Waals surface area (Å²) in [6.45, 7) is 9.81. The summed E-state index contributed by atoms with van der Waals surface area (Å²) < 4.78 is 0. The summed E-state index contributed by atoms with van der Waals surface area (Å²) in [4.78, 5) is 7.09. The zero-order valence-corrected chi connectivity index (χ0v) is 16.9. The number of halogens is 1. The Morgan fingerprint density at radius 3 is 2.61 bits per heavy atom. The Kier molecular flexibility index (Phi) is 8.91. The topological polar surface area (TPSA) is 53.6 Å². The van der Waals surface area contributed by atoms with Gasteiger partial charge in [-0.05, 0) is 56.0 Å². The molecule has 1 heterocycles. The Labute approximate surface area is 157 Å². The monoisotopic (exact) mass is 430 g/mol. The van der Waals surface area contributed by atoms with Crippen molar-refractivity contribution in [2.24, 2.45) is 10.7 Å². The molecule has 1 saturated heterocycles. The Morgan fingerprint density at radius 1 is 1.30 bits per heavy atom. The van der Waals surface area contributed by atoms with Gasteiger partial charge in [-0.1, -0.05) is 32.9 Å². The standard InChI is InChI=1S/C18H30N4.HI/c1-4-17(22-10-5-6-11-22)13-20-18(19)21-16-9-7-8-15(12-16)14(2)3;/h7-9,12,14,17H,4-6,10-11,13H2,1-3H3,(H3,19,20,21);1H. The van der Waals surface area contributed by atoms with Crippen molar-refractivity contribution in [1.82, 2.24) is 4.90 Å². The van der Waals surface area contributed by atoms with E-state index < -0.39 is 0 Å². The molecule has 0 spiro atoms. The van der Waals surface area contributed by atoms with Gasteiger partial charge in [-0.3, -0.25) is 9.89 Å². The van der Waals surface area contributed by atoms with Gasteiger partial charge in [0.05, 0.1) is 6.54 Å². The van der Waals surface area contributed by atoms with Crippen LogP contribution in [0.15, 0.2) is 29.3 Å². The molecule has 0 aliphatic carbocycles. The summed E-state index contributed by atoms with van der Waals surface area (Å²) in [5.74, 6) is 1.03. The molecule has 1 aromatic carbocycles. The summed E-state index contributed by atoms with van der Waals surface area (Å²) in [5, 5.41) is 3.22. The highest BCUT2D eigenvalue weighted by Gasteiger charge is 2.19. The van der Waals surface area contributed by atoms with Gasteiger partial charge in [0.2, 0.25) is 0 Å². The lowest BCUT2D eigenvalue weighted by molar-refractivity contribution is 0.242. The fourth-order valence-electron chi connectivity index (χ4n) is 2.98. The van der Waals surface area contributed by atoms with Gasteiger partial charge in [0.15, 0.2) is 5.96 Å². The van der Waals surface area contributed by atoms with Gasteiger partial charge < -0.3 is 11.1 Å². The van der Waals surface area contributed by atoms with Crippen molar-refractivity contribution in [3.05, 3.63) is 29.8 Å². The van der Waals surface area contributed by atoms with E-state index >= 15 is 0 Å². The lowest BCUT2D eigenvalue weighted by atomic mass is 10.0. The third-order valence-corrected chi connectivity index (χ3v) is 4.43. The average molecular weight is 430 g/mol. The molecule has 0 amide bonds. The molecule has 0 aromatic heterocycles. The highest BCUT2D eigenvalue weighted by atomic mass is 127. The SMILES string of the molecule is CCC(CN=C(N)Nc1cccc(C(C)C)c1)N1CCCC1.I. The van der Waals surface area contributed by atoms with Gasteiger partial charge in [0.1, 0.15) is 0 Å². The number of hydrogen-bond donors (Lipinski definition) is 2. The number of rotatable bonds is 6. The van der Waals surface area contributed by atoms with Crippen molar-refractivity contribution in [3.63, 3.8) is 0 Å². The van der Waals surface area contributed by atoms with Crippen molar-refractivity contribution in [3.8, 4) is 0 Å². The molecule has 3 N–H and O–H groups in total. The van der Waals surface area contributed by atoms with E-state index in [0.717, 1.165) is 18.7 Å². The molecule has 23 heavy (non-hydrogen) atoms. The second-order valence-electron chi connectivity index (χ2n) is 6.44. The van der Waals surface area contributed by atoms with Gasteiger partial charge in [0, 0.05) is 11.7 Å². The lowest BCUT2D eigenvalue weighted by Gasteiger charge is -2.24. The van der Waals surface area contributed by atoms with Gasteiger partial charge in [0.25, 0.3) is 0 Å². The first kappa shape index (κ1) is 20.2. The van der Waals surface area contributed by atoms with Crippen molar-refractivity contribution in [1.29, 1.82) is 0 Å². The number of likely N-dealkylation sites (tertiary alicyclic amines) is 1. The average Bonchev–Trinajstić information content (AvgIpc) is 3.02. The smallest absolute Gasteiger partial charge is 0.193 e. The third kappa shape index (κ3) is 6.30. The van der Waals surface area contributed by atoms with Crippen LogP contribution in [0, 0.1) is 0 Å². The van der Waals surface area contributed by atoms with Gasteiger partial charge in [-0.25, -0.2) is 0 Å². The second kappa shape index (κ2) is 10.1. The van der Waals surface area contributed by atoms with Crippen molar-refractivity contribution in [2.75, 3.05) is 25.0 Å². The van der Waals surface area contributed by atoms with Crippen LogP contribution in [-0.4, -0.2) is 36.5 Å². The zero-order chi connectivity index (χ0) is 15.9. The lowest BCUT2D eigenvalue weighted by Crippen LogP contribution is -2.35. The first-order valence-corrected chi connectivity index (χ1v) is 8.51. The van der Waals surface area contributed by atoms with Crippen LogP contribution >= 0.6 is 24.0 Å². The van der Waals surface area contributed by atoms with Crippen LogP contribution in [0.5, 0.6) is 0 Å². The maximum atomic E-state index is 6.05. The molecule has 1 unspecified atom stereocenters. The van der Waals surface area contributed by atoms with Gasteiger partial charge >= 0.3 is 0 Å². The largest absolute Gasteiger partial charge is 0.370 e. The van der Waals surface area contributed by atoms with Crippen LogP contribution in [0.2, 0.25) is 0 Å². The number of nitrogens with two attached hydrogens (primary N) is 1. The predicted molar refractivity (Wildman–Crippen MR) is 111 cm³/mol. The molecule has 4 nitrogen and oxygen atoms in total. The number of anilines is 1. The maximum Gasteiger partial charge on any atom is 0.193 e. The van der Waals surface area contributed by atoms with Crippen LogP contribution < -0.4 is 11.1 Å². The molecule has 130 valence electrons. The Balaban J connectivity index is 0.00000264. The fraction of sp³-hybridized carbons (Fsp3) is 0.611. The van der Waals surface area contributed by atoms with E-state index in [-0.39, 0.29) is 24.0 Å². The van der Waals surface area contributed by atoms with E-state index in [9.17, 15) is 0 Å². The molecule has 0 radical (unpaired) electrons. The summed E-state index contributed by atoms with van der Waals surface area (Å²) in [6.07, 6.45) is 3.76. The molecule has 1 fully saturated rings. The van der Waals surface area contributed by atoms with E-state index in [0.29, 0.717) is 17.9 Å². The van der Waals surface area contributed by atoms with Crippen LogP contribution in [0.1, 0.15) is 51.5 Å². The number of guanidine groups is 1. The Bertz CT molecular complexity index is 496. The normalized spacial score (nSPS) is 17.1. The highest BCUT2D eigenvalue weighted by molar-refractivity contribution is 14.0. The Morgan fingerprint density at radius 2 is 2.00 bits per heavy atom. The summed E-state index contributed by atoms with van der Waals surface area (Å²) in [6, 6.07) is 8.90. The van der Waals surface area contributed by atoms with Gasteiger partial charge in [-0.2, -0.15) is 0 Å². The number of benzene rings is 1. The predicted octanol–water partition coefficient (Wildman–Crippen LogP) is 4.03. The van der Waals surface area contributed by atoms with E-state index in [4.69, 9.17) is 5.73 Å². The van der Waals surface area contributed by atoms with Crippen molar-refractivity contribution >= 4 is 35.6 Å². The third-order valence-electron chi connectivity index (χ3n) is 4.43. The van der Waals surface area contributed by atoms with E-state index in [1.165, 1.54) is 31.5 Å². The van der Waals surface area contributed by atoms with E-state index in [2.05, 4.69) is 54.2 Å². The zero-order valence-electron chi connectivity index (χ0n) is 14.6. The summed E-state index contributed by atoms with van der Waals surface area (Å²) >= 11 is 0. The van der Waals surface area contributed by atoms with Crippen LogP contribution in [0.3, 0.4) is 0 Å². The molecule has 1 aliphatic heterocycles. The first-order chi connectivity index (χ1) is 10.6. The number of hydrogen-bond acceptors (Lipinski definition) is 2. The minimum absolute atomic E-state index is 0. The number of nitrogens with zero attached hydrogens (tertiary/aromatic N) is 2. The fourth-order valence-corrected chi connectivity index (χ4v) is 2.98. The molecule has 1 atom stereocenters. The van der Waals surface area contributed by atoms with Crippen molar-refractivity contribution in [2.45, 2.75) is 52.0 Å².